The van der Waals surface area contributed by atoms with Crippen LogP contribution in [-0.4, -0.2) is 34.9 Å². The van der Waals surface area contributed by atoms with E-state index in [1.165, 1.54) is 0 Å². The first kappa shape index (κ1) is 14.0. The van der Waals surface area contributed by atoms with Crippen molar-refractivity contribution in [1.82, 2.24) is 4.90 Å². The summed E-state index contributed by atoms with van der Waals surface area (Å²) in [5, 5.41) is 15.4. The number of rotatable bonds is 1. The highest BCUT2D eigenvalue weighted by Crippen LogP contribution is 2.25. The topological polar surface area (TPSA) is 64.9 Å². The monoisotopic (exact) mass is 301 g/mol. The van der Waals surface area contributed by atoms with Crippen molar-refractivity contribution in [2.45, 2.75) is 12.8 Å². The molecule has 0 bridgehead atoms. The van der Waals surface area contributed by atoms with Gasteiger partial charge in [0, 0.05) is 31.6 Å². The quantitative estimate of drug-likeness (QED) is 0.616. The van der Waals surface area contributed by atoms with E-state index in [-0.39, 0.29) is 6.03 Å². The number of halogens is 2. The number of hydrogen-bond acceptors (Lipinski definition) is 3. The second-order valence-electron chi connectivity index (χ2n) is 4.21. The fourth-order valence-electron chi connectivity index (χ4n) is 1.84. The number of likely N-dealkylation sites (tertiary alicyclic amines) is 1. The fourth-order valence-corrected chi connectivity index (χ4v) is 2.14. The van der Waals surface area contributed by atoms with Crippen LogP contribution in [0.5, 0.6) is 0 Å². The lowest BCUT2D eigenvalue weighted by atomic mass is 10.1. The van der Waals surface area contributed by atoms with Crippen LogP contribution in [0.3, 0.4) is 0 Å². The first-order valence-electron chi connectivity index (χ1n) is 5.81. The van der Waals surface area contributed by atoms with E-state index in [2.05, 4.69) is 10.5 Å². The summed E-state index contributed by atoms with van der Waals surface area (Å²) in [4.78, 5) is 13.7. The minimum Gasteiger partial charge on any atom is -0.411 e. The van der Waals surface area contributed by atoms with Gasteiger partial charge in [-0.05, 0) is 18.2 Å². The van der Waals surface area contributed by atoms with E-state index in [4.69, 9.17) is 28.4 Å². The first-order valence-corrected chi connectivity index (χ1v) is 6.56. The molecule has 19 heavy (non-hydrogen) atoms. The third kappa shape index (κ3) is 3.52. The van der Waals surface area contributed by atoms with Gasteiger partial charge in [-0.3, -0.25) is 0 Å². The number of hydrogen-bond donors (Lipinski definition) is 2. The minimum absolute atomic E-state index is 0.199. The van der Waals surface area contributed by atoms with Crippen molar-refractivity contribution in [2.24, 2.45) is 5.16 Å². The molecule has 2 rings (SSSR count). The number of anilines is 1. The maximum atomic E-state index is 12.0. The first-order chi connectivity index (χ1) is 9.10. The zero-order valence-electron chi connectivity index (χ0n) is 10.1. The van der Waals surface area contributed by atoms with E-state index in [0.29, 0.717) is 41.7 Å². The van der Waals surface area contributed by atoms with Gasteiger partial charge >= 0.3 is 6.03 Å². The van der Waals surface area contributed by atoms with Crippen molar-refractivity contribution in [1.29, 1.82) is 0 Å². The normalized spacial score (nSPS) is 15.3. The molecule has 2 amide bonds. The van der Waals surface area contributed by atoms with E-state index < -0.39 is 0 Å². The van der Waals surface area contributed by atoms with E-state index in [9.17, 15) is 4.79 Å². The van der Waals surface area contributed by atoms with Gasteiger partial charge in [-0.15, -0.1) is 0 Å². The van der Waals surface area contributed by atoms with Crippen molar-refractivity contribution in [3.8, 4) is 0 Å². The molecule has 1 saturated heterocycles. The largest absolute Gasteiger partial charge is 0.411 e. The van der Waals surface area contributed by atoms with Crippen LogP contribution in [0.2, 0.25) is 10.0 Å². The Morgan fingerprint density at radius 1 is 1.26 bits per heavy atom. The van der Waals surface area contributed by atoms with E-state index in [1.807, 2.05) is 0 Å². The molecular weight excluding hydrogens is 289 g/mol. The van der Waals surface area contributed by atoms with Crippen LogP contribution in [0.1, 0.15) is 12.8 Å². The second-order valence-corrected chi connectivity index (χ2v) is 5.03. The maximum Gasteiger partial charge on any atom is 0.321 e. The highest BCUT2D eigenvalue weighted by Gasteiger charge is 2.20. The molecule has 0 spiro atoms. The fraction of sp³-hybridized carbons (Fsp3) is 0.333. The van der Waals surface area contributed by atoms with Crippen molar-refractivity contribution >= 4 is 40.6 Å². The Balaban J connectivity index is 1.96. The van der Waals surface area contributed by atoms with Gasteiger partial charge in [0.2, 0.25) is 0 Å². The molecule has 1 aromatic rings. The van der Waals surface area contributed by atoms with Crippen LogP contribution in [0, 0.1) is 0 Å². The van der Waals surface area contributed by atoms with Gasteiger partial charge in [-0.2, -0.15) is 0 Å². The smallest absolute Gasteiger partial charge is 0.321 e. The number of benzene rings is 1. The van der Waals surface area contributed by atoms with Crippen LogP contribution in [0.4, 0.5) is 10.5 Å². The van der Waals surface area contributed by atoms with Crippen molar-refractivity contribution in [2.75, 3.05) is 18.4 Å². The predicted molar refractivity (Wildman–Crippen MR) is 75.5 cm³/mol. The molecule has 0 unspecified atom stereocenters. The summed E-state index contributed by atoms with van der Waals surface area (Å²) >= 11 is 11.7. The summed E-state index contributed by atoms with van der Waals surface area (Å²) < 4.78 is 0. The third-order valence-electron chi connectivity index (χ3n) is 2.94. The van der Waals surface area contributed by atoms with Crippen LogP contribution in [-0.2, 0) is 0 Å². The van der Waals surface area contributed by atoms with E-state index in [1.54, 1.807) is 23.1 Å². The molecule has 0 aromatic heterocycles. The zero-order valence-corrected chi connectivity index (χ0v) is 11.6. The molecule has 1 fully saturated rings. The average Bonchev–Trinajstić information content (AvgIpc) is 2.43. The zero-order chi connectivity index (χ0) is 13.8. The third-order valence-corrected chi connectivity index (χ3v) is 3.68. The van der Waals surface area contributed by atoms with Crippen LogP contribution in [0.15, 0.2) is 23.4 Å². The number of piperidine rings is 1. The maximum absolute atomic E-state index is 12.0. The average molecular weight is 302 g/mol. The molecule has 1 aromatic carbocycles. The van der Waals surface area contributed by atoms with Crippen LogP contribution >= 0.6 is 23.2 Å². The summed E-state index contributed by atoms with van der Waals surface area (Å²) in [5.41, 5.74) is 1.32. The minimum atomic E-state index is -0.199. The Kier molecular flexibility index (Phi) is 4.50. The van der Waals surface area contributed by atoms with Gasteiger partial charge in [-0.25, -0.2) is 4.79 Å². The Labute approximate surface area is 120 Å². The van der Waals surface area contributed by atoms with Gasteiger partial charge in [-0.1, -0.05) is 28.4 Å². The predicted octanol–water partition coefficient (Wildman–Crippen LogP) is 3.45. The number of carbonyl (C=O) groups is 1. The lowest BCUT2D eigenvalue weighted by molar-refractivity contribution is 0.210. The summed E-state index contributed by atoms with van der Waals surface area (Å²) in [6, 6.07) is 4.73. The van der Waals surface area contributed by atoms with Crippen molar-refractivity contribution in [3.63, 3.8) is 0 Å². The Morgan fingerprint density at radius 2 is 1.95 bits per heavy atom. The molecule has 0 atom stereocenters. The van der Waals surface area contributed by atoms with Gasteiger partial charge < -0.3 is 15.4 Å². The van der Waals surface area contributed by atoms with E-state index in [0.717, 1.165) is 5.71 Å². The van der Waals surface area contributed by atoms with Crippen LogP contribution < -0.4 is 5.32 Å². The second kappa shape index (κ2) is 6.12. The van der Waals surface area contributed by atoms with E-state index >= 15 is 0 Å². The standard InChI is InChI=1S/C12H13Cl2N3O2/c13-10-2-1-9(7-11(10)14)15-12(18)17-5-3-8(16-19)4-6-17/h1-2,7,19H,3-6H2,(H,15,18). The summed E-state index contributed by atoms with van der Waals surface area (Å²) in [5.74, 6) is 0. The SMILES string of the molecule is O=C(Nc1ccc(Cl)c(Cl)c1)N1CCC(=NO)CC1. The Morgan fingerprint density at radius 3 is 2.53 bits per heavy atom. The highest BCUT2D eigenvalue weighted by molar-refractivity contribution is 6.42. The molecule has 102 valence electrons. The van der Waals surface area contributed by atoms with Gasteiger partial charge in [0.1, 0.15) is 0 Å². The molecule has 1 heterocycles. The molecule has 5 nitrogen and oxygen atoms in total. The molecule has 0 aliphatic carbocycles. The molecule has 1 aliphatic rings. The summed E-state index contributed by atoms with van der Waals surface area (Å²) in [6.07, 6.45) is 1.18. The molecule has 0 radical (unpaired) electrons. The summed E-state index contributed by atoms with van der Waals surface area (Å²) in [6.45, 7) is 1.07. The highest BCUT2D eigenvalue weighted by atomic mass is 35.5. The lowest BCUT2D eigenvalue weighted by Gasteiger charge is -2.27. The Bertz CT molecular complexity index is 510. The molecular formula is C12H13Cl2N3O2. The van der Waals surface area contributed by atoms with Crippen molar-refractivity contribution < 1.29 is 10.0 Å². The molecule has 0 saturated carbocycles. The number of nitrogens with one attached hydrogen (secondary N) is 1. The number of carbonyl (C=O) groups excluding carboxylic acids is 1. The molecule has 7 heteroatoms. The number of amides is 2. The molecule has 2 N–H and O–H groups in total. The Hall–Kier alpha value is -1.46. The van der Waals surface area contributed by atoms with Gasteiger partial charge in [0.25, 0.3) is 0 Å². The summed E-state index contributed by atoms with van der Waals surface area (Å²) in [7, 11) is 0. The van der Waals surface area contributed by atoms with Crippen molar-refractivity contribution in [3.05, 3.63) is 28.2 Å². The van der Waals surface area contributed by atoms with Crippen LogP contribution in [0.25, 0.3) is 0 Å². The lowest BCUT2D eigenvalue weighted by Crippen LogP contribution is -2.41. The van der Waals surface area contributed by atoms with Gasteiger partial charge in [0.15, 0.2) is 0 Å². The number of urea groups is 1. The number of nitrogens with zero attached hydrogens (tertiary/aromatic N) is 2. The van der Waals surface area contributed by atoms with Gasteiger partial charge in [0.05, 0.1) is 15.8 Å². The molecule has 1 aliphatic heterocycles. The number of oxime groups is 1.